The van der Waals surface area contributed by atoms with E-state index in [-0.39, 0.29) is 0 Å². The summed E-state index contributed by atoms with van der Waals surface area (Å²) in [5.74, 6) is 0. The molecule has 10 rings (SSSR count). The Morgan fingerprint density at radius 1 is 0.333 bits per heavy atom. The number of hydrogen-bond donors (Lipinski definition) is 0. The third-order valence-electron chi connectivity index (χ3n) is 11.7. The van der Waals surface area contributed by atoms with E-state index >= 15 is 0 Å². The van der Waals surface area contributed by atoms with Crippen LogP contribution < -0.4 is 9.80 Å². The van der Waals surface area contributed by atoms with Crippen molar-refractivity contribution in [3.8, 4) is 22.3 Å². The molecule has 0 N–H and O–H groups in total. The molecule has 0 atom stereocenters. The molecule has 2 aliphatic carbocycles. The SMILES string of the molecule is C1=CC(N(c2ccc(C=Cc3ccc(N(C4=CCCC=C4)c4ccc(-c5ccccc5)c5ccccc45)cc3)cc2)c2ccc(-c3ccccc3)c3ccccc23)=CCC1. The van der Waals surface area contributed by atoms with Gasteiger partial charge in [0.1, 0.15) is 0 Å². The number of anilines is 4. The van der Waals surface area contributed by atoms with Crippen molar-refractivity contribution in [1.82, 2.24) is 0 Å². The maximum Gasteiger partial charge on any atom is 0.0540 e. The topological polar surface area (TPSA) is 6.48 Å². The minimum absolute atomic E-state index is 1.03. The second-order valence-electron chi connectivity index (χ2n) is 15.5. The summed E-state index contributed by atoms with van der Waals surface area (Å²) in [7, 11) is 0. The van der Waals surface area contributed by atoms with Crippen LogP contribution >= 0.6 is 0 Å². The maximum absolute atomic E-state index is 2.42. The van der Waals surface area contributed by atoms with Gasteiger partial charge in [-0.25, -0.2) is 0 Å². The van der Waals surface area contributed by atoms with Crippen LogP contribution in [0, 0.1) is 0 Å². The van der Waals surface area contributed by atoms with Crippen molar-refractivity contribution in [1.29, 1.82) is 0 Å². The zero-order valence-electron chi connectivity index (χ0n) is 33.7. The summed E-state index contributed by atoms with van der Waals surface area (Å²) in [6, 6.07) is 66.1. The molecule has 288 valence electrons. The monoisotopic (exact) mass is 770 g/mol. The average Bonchev–Trinajstić information content (AvgIpc) is 3.33. The molecule has 0 aliphatic heterocycles. The summed E-state index contributed by atoms with van der Waals surface area (Å²) >= 11 is 0. The molecule has 8 aromatic carbocycles. The Labute approximate surface area is 353 Å². The summed E-state index contributed by atoms with van der Waals surface area (Å²) in [6.45, 7) is 0. The van der Waals surface area contributed by atoms with Crippen molar-refractivity contribution in [2.45, 2.75) is 25.7 Å². The molecule has 0 unspecified atom stereocenters. The van der Waals surface area contributed by atoms with Crippen LogP contribution in [0.15, 0.2) is 230 Å². The average molecular weight is 771 g/mol. The zero-order valence-corrected chi connectivity index (χ0v) is 33.7. The third kappa shape index (κ3) is 7.40. The van der Waals surface area contributed by atoms with Gasteiger partial charge in [-0.1, -0.05) is 182 Å². The van der Waals surface area contributed by atoms with E-state index in [9.17, 15) is 0 Å². The van der Waals surface area contributed by atoms with Gasteiger partial charge >= 0.3 is 0 Å². The highest BCUT2D eigenvalue weighted by Gasteiger charge is 2.20. The lowest BCUT2D eigenvalue weighted by molar-refractivity contribution is 0.998. The molecule has 0 amide bonds. The zero-order chi connectivity index (χ0) is 40.1. The van der Waals surface area contributed by atoms with Crippen LogP contribution in [0.25, 0.3) is 56.0 Å². The van der Waals surface area contributed by atoms with Crippen LogP contribution in [0.1, 0.15) is 36.8 Å². The Kier molecular flexibility index (Phi) is 10.3. The van der Waals surface area contributed by atoms with E-state index in [1.165, 1.54) is 66.6 Å². The van der Waals surface area contributed by atoms with Gasteiger partial charge in [0, 0.05) is 33.5 Å². The lowest BCUT2D eigenvalue weighted by atomic mass is 9.96. The number of hydrogen-bond acceptors (Lipinski definition) is 2. The van der Waals surface area contributed by atoms with Gasteiger partial charge in [0.15, 0.2) is 0 Å². The summed E-state index contributed by atoms with van der Waals surface area (Å²) in [5.41, 5.74) is 14.3. The second kappa shape index (κ2) is 16.8. The van der Waals surface area contributed by atoms with E-state index in [1.54, 1.807) is 0 Å². The predicted molar refractivity (Wildman–Crippen MR) is 258 cm³/mol. The highest BCUT2D eigenvalue weighted by molar-refractivity contribution is 6.06. The van der Waals surface area contributed by atoms with Crippen molar-refractivity contribution >= 4 is 56.4 Å². The molecule has 8 aromatic rings. The number of rotatable bonds is 10. The van der Waals surface area contributed by atoms with Gasteiger partial charge < -0.3 is 9.80 Å². The summed E-state index contributed by atoms with van der Waals surface area (Å²) in [5, 5.41) is 4.97. The highest BCUT2D eigenvalue weighted by Crippen LogP contribution is 2.42. The van der Waals surface area contributed by atoms with Crippen molar-refractivity contribution < 1.29 is 0 Å². The summed E-state index contributed by atoms with van der Waals surface area (Å²) < 4.78 is 0. The Hall–Kier alpha value is -7.42. The second-order valence-corrected chi connectivity index (χ2v) is 15.5. The lowest BCUT2D eigenvalue weighted by Crippen LogP contribution is -2.16. The first-order valence-electron chi connectivity index (χ1n) is 21.1. The van der Waals surface area contributed by atoms with Crippen molar-refractivity contribution in [2.75, 3.05) is 9.80 Å². The van der Waals surface area contributed by atoms with Crippen molar-refractivity contribution in [2.24, 2.45) is 0 Å². The van der Waals surface area contributed by atoms with Crippen LogP contribution in [0.5, 0.6) is 0 Å². The number of fused-ring (bicyclic) bond motifs is 2. The van der Waals surface area contributed by atoms with Crippen LogP contribution in [0.2, 0.25) is 0 Å². The first-order chi connectivity index (χ1) is 29.8. The fraction of sp³-hybridized carbons (Fsp3) is 0.0690. The number of allylic oxidation sites excluding steroid dienone is 6. The van der Waals surface area contributed by atoms with E-state index in [2.05, 4.69) is 240 Å². The molecular weight excluding hydrogens is 725 g/mol. The predicted octanol–water partition coefficient (Wildman–Crippen LogP) is 16.2. The van der Waals surface area contributed by atoms with E-state index in [0.717, 1.165) is 48.2 Å². The van der Waals surface area contributed by atoms with Gasteiger partial charge in [-0.2, -0.15) is 0 Å². The van der Waals surface area contributed by atoms with Crippen LogP contribution in [-0.4, -0.2) is 0 Å². The normalized spacial score (nSPS) is 13.7. The largest absolute Gasteiger partial charge is 0.310 e. The Morgan fingerprint density at radius 2 is 0.717 bits per heavy atom. The Balaban J connectivity index is 0.948. The fourth-order valence-corrected chi connectivity index (χ4v) is 8.74. The first kappa shape index (κ1) is 36.9. The minimum atomic E-state index is 1.03. The fourth-order valence-electron chi connectivity index (χ4n) is 8.74. The lowest BCUT2D eigenvalue weighted by Gasteiger charge is -2.29. The van der Waals surface area contributed by atoms with Gasteiger partial charge in [-0.15, -0.1) is 0 Å². The molecular formula is C58H46N2. The van der Waals surface area contributed by atoms with Crippen LogP contribution in [0.3, 0.4) is 0 Å². The third-order valence-corrected chi connectivity index (χ3v) is 11.7. The minimum Gasteiger partial charge on any atom is -0.310 e. The van der Waals surface area contributed by atoms with Gasteiger partial charge in [-0.3, -0.25) is 0 Å². The first-order valence-corrected chi connectivity index (χ1v) is 21.1. The number of benzene rings is 8. The van der Waals surface area contributed by atoms with Crippen LogP contribution in [-0.2, 0) is 0 Å². The molecule has 0 radical (unpaired) electrons. The van der Waals surface area contributed by atoms with E-state index < -0.39 is 0 Å². The maximum atomic E-state index is 2.42. The van der Waals surface area contributed by atoms with E-state index in [0.29, 0.717) is 0 Å². The van der Waals surface area contributed by atoms with Gasteiger partial charge in [0.25, 0.3) is 0 Å². The van der Waals surface area contributed by atoms with E-state index in [4.69, 9.17) is 0 Å². The van der Waals surface area contributed by atoms with Crippen molar-refractivity contribution in [3.05, 3.63) is 241 Å². The molecule has 0 heterocycles. The van der Waals surface area contributed by atoms with Gasteiger partial charge in [0.05, 0.1) is 11.4 Å². The molecule has 0 saturated carbocycles. The quantitative estimate of drug-likeness (QED) is 0.128. The molecule has 0 saturated heterocycles. The molecule has 0 fully saturated rings. The Morgan fingerprint density at radius 3 is 1.10 bits per heavy atom. The molecule has 0 aromatic heterocycles. The molecule has 2 heteroatoms. The van der Waals surface area contributed by atoms with Gasteiger partial charge in [-0.05, 0) is 118 Å². The molecule has 2 nitrogen and oxygen atoms in total. The molecule has 0 spiro atoms. The number of nitrogens with zero attached hydrogens (tertiary/aromatic N) is 2. The molecule has 2 aliphatic rings. The van der Waals surface area contributed by atoms with Crippen LogP contribution in [0.4, 0.5) is 22.7 Å². The van der Waals surface area contributed by atoms with E-state index in [1.807, 2.05) is 0 Å². The summed E-state index contributed by atoms with van der Waals surface area (Å²) in [4.78, 5) is 4.83. The van der Waals surface area contributed by atoms with Gasteiger partial charge in [0.2, 0.25) is 0 Å². The summed E-state index contributed by atoms with van der Waals surface area (Å²) in [6.07, 6.45) is 22.5. The Bertz CT molecular complexity index is 2740. The molecule has 0 bridgehead atoms. The molecule has 60 heavy (non-hydrogen) atoms. The standard InChI is InChI=1S/C58H46N2/c1-5-17-45(18-6-1)51-39-41-57(55-27-15-13-25-53(51)55)59(47-21-9-3-10-22-47)49-35-31-43(32-36-49)29-30-44-33-37-50(38-34-44)60(48-23-11-4-12-24-48)58-42-40-52(46-19-7-2-8-20-46)54-26-14-16-28-56(54)58/h1-2,5-9,11,13-42H,3-4,10,12H2. The smallest absolute Gasteiger partial charge is 0.0540 e. The van der Waals surface area contributed by atoms with Crippen molar-refractivity contribution in [3.63, 3.8) is 0 Å². The highest BCUT2D eigenvalue weighted by atomic mass is 15.2.